The summed E-state index contributed by atoms with van der Waals surface area (Å²) in [5.41, 5.74) is 1.37. The van der Waals surface area contributed by atoms with Crippen molar-refractivity contribution >= 4 is 0 Å². The fourth-order valence-electron chi connectivity index (χ4n) is 4.43. The van der Waals surface area contributed by atoms with Gasteiger partial charge in [-0.05, 0) is 31.2 Å². The van der Waals surface area contributed by atoms with Crippen molar-refractivity contribution in [2.24, 2.45) is 11.8 Å². The van der Waals surface area contributed by atoms with Gasteiger partial charge < -0.3 is 14.8 Å². The molecule has 1 spiro atoms. The molecule has 4 rings (SSSR count). The van der Waals surface area contributed by atoms with Crippen molar-refractivity contribution in [2.75, 3.05) is 13.2 Å². The topological polar surface area (TPSA) is 30.5 Å². The lowest BCUT2D eigenvalue weighted by Crippen LogP contribution is -2.50. The van der Waals surface area contributed by atoms with E-state index in [9.17, 15) is 0 Å². The van der Waals surface area contributed by atoms with E-state index in [0.29, 0.717) is 17.9 Å². The first-order valence-electron chi connectivity index (χ1n) is 7.92. The average molecular weight is 273 g/mol. The van der Waals surface area contributed by atoms with E-state index in [0.717, 1.165) is 19.8 Å². The molecule has 3 aliphatic rings. The van der Waals surface area contributed by atoms with Crippen molar-refractivity contribution in [1.29, 1.82) is 0 Å². The Morgan fingerprint density at radius 1 is 1.00 bits per heavy atom. The van der Waals surface area contributed by atoms with Crippen LogP contribution < -0.4 is 5.32 Å². The van der Waals surface area contributed by atoms with Crippen LogP contribution in [0, 0.1) is 11.8 Å². The quantitative estimate of drug-likeness (QED) is 0.918. The summed E-state index contributed by atoms with van der Waals surface area (Å²) < 4.78 is 12.1. The molecule has 1 aliphatic heterocycles. The molecule has 0 aromatic heterocycles. The second-order valence-corrected chi connectivity index (χ2v) is 6.42. The lowest BCUT2D eigenvalue weighted by atomic mass is 9.79. The Balaban J connectivity index is 1.39. The van der Waals surface area contributed by atoms with Gasteiger partial charge in [-0.2, -0.15) is 0 Å². The van der Waals surface area contributed by atoms with E-state index in [4.69, 9.17) is 9.47 Å². The first-order valence-corrected chi connectivity index (χ1v) is 7.92. The van der Waals surface area contributed by atoms with Crippen LogP contribution in [-0.4, -0.2) is 25.0 Å². The Labute approximate surface area is 120 Å². The van der Waals surface area contributed by atoms with E-state index in [1.807, 2.05) is 0 Å². The molecule has 3 nitrogen and oxygen atoms in total. The molecule has 1 aromatic carbocycles. The average Bonchev–Trinajstić information content (AvgIpc) is 3.02. The van der Waals surface area contributed by atoms with Crippen LogP contribution in [0.15, 0.2) is 30.3 Å². The Morgan fingerprint density at radius 3 is 2.30 bits per heavy atom. The summed E-state index contributed by atoms with van der Waals surface area (Å²) in [6.45, 7) is 2.55. The smallest absolute Gasteiger partial charge is 0.174 e. The summed E-state index contributed by atoms with van der Waals surface area (Å²) in [6.07, 6.45) is 4.94. The van der Waals surface area contributed by atoms with Gasteiger partial charge in [0.15, 0.2) is 5.79 Å². The van der Waals surface area contributed by atoms with Gasteiger partial charge in [-0.25, -0.2) is 0 Å². The molecule has 1 saturated heterocycles. The number of nitrogens with one attached hydrogen (secondary N) is 1. The summed E-state index contributed by atoms with van der Waals surface area (Å²) in [7, 11) is 0. The lowest BCUT2D eigenvalue weighted by molar-refractivity contribution is -0.225. The summed E-state index contributed by atoms with van der Waals surface area (Å²) in [4.78, 5) is 0. The number of hydrogen-bond donors (Lipinski definition) is 1. The first kappa shape index (κ1) is 12.8. The predicted octanol–water partition coefficient (Wildman–Crippen LogP) is 2.71. The zero-order valence-corrected chi connectivity index (χ0v) is 11.9. The molecule has 3 fully saturated rings. The molecule has 3 heteroatoms. The van der Waals surface area contributed by atoms with Crippen LogP contribution in [0.1, 0.15) is 31.2 Å². The van der Waals surface area contributed by atoms with Gasteiger partial charge in [0.1, 0.15) is 0 Å². The maximum Gasteiger partial charge on any atom is 0.174 e. The first-order chi connectivity index (χ1) is 9.87. The molecule has 0 radical (unpaired) electrons. The van der Waals surface area contributed by atoms with Crippen LogP contribution >= 0.6 is 0 Å². The van der Waals surface area contributed by atoms with Crippen LogP contribution in [0.5, 0.6) is 0 Å². The standard InChI is InChI=1S/C17H23NO2/c1-2-4-13(5-3-1)12-18-16-10-14-6-7-15(11-16)17(14)19-8-9-20-17/h1-5,14-16,18H,6-12H2/t14-,15+,16?. The highest BCUT2D eigenvalue weighted by Gasteiger charge is 2.58. The second kappa shape index (κ2) is 5.14. The van der Waals surface area contributed by atoms with E-state index >= 15 is 0 Å². The molecule has 3 atom stereocenters. The highest BCUT2D eigenvalue weighted by atomic mass is 16.7. The van der Waals surface area contributed by atoms with E-state index < -0.39 is 0 Å². The van der Waals surface area contributed by atoms with Gasteiger partial charge in [0.25, 0.3) is 0 Å². The Bertz CT molecular complexity index is 439. The lowest BCUT2D eigenvalue weighted by Gasteiger charge is -2.42. The number of hydrogen-bond acceptors (Lipinski definition) is 3. The van der Waals surface area contributed by atoms with Gasteiger partial charge in [0.2, 0.25) is 0 Å². The van der Waals surface area contributed by atoms with E-state index in [1.54, 1.807) is 0 Å². The number of rotatable bonds is 3. The highest BCUT2D eigenvalue weighted by Crippen LogP contribution is 2.53. The molecule has 1 unspecified atom stereocenters. The molecule has 1 N–H and O–H groups in total. The van der Waals surface area contributed by atoms with Gasteiger partial charge in [0, 0.05) is 24.4 Å². The molecule has 2 saturated carbocycles. The molecular weight excluding hydrogens is 250 g/mol. The van der Waals surface area contributed by atoms with Crippen LogP contribution in [0.3, 0.4) is 0 Å². The fourth-order valence-corrected chi connectivity index (χ4v) is 4.43. The van der Waals surface area contributed by atoms with Gasteiger partial charge in [-0.15, -0.1) is 0 Å². The largest absolute Gasteiger partial charge is 0.347 e. The normalized spacial score (nSPS) is 34.7. The third-order valence-corrected chi connectivity index (χ3v) is 5.32. The molecule has 1 aromatic rings. The van der Waals surface area contributed by atoms with Crippen LogP contribution in [0.25, 0.3) is 0 Å². The summed E-state index contributed by atoms with van der Waals surface area (Å²) in [5.74, 6) is 0.985. The van der Waals surface area contributed by atoms with Crippen LogP contribution in [0.4, 0.5) is 0 Å². The fraction of sp³-hybridized carbons (Fsp3) is 0.647. The van der Waals surface area contributed by atoms with Crippen LogP contribution in [0.2, 0.25) is 0 Å². The molecule has 108 valence electrons. The summed E-state index contributed by atoms with van der Waals surface area (Å²) in [6, 6.07) is 11.3. The van der Waals surface area contributed by atoms with E-state index in [-0.39, 0.29) is 5.79 Å². The molecule has 2 bridgehead atoms. The number of ether oxygens (including phenoxy) is 2. The molecule has 20 heavy (non-hydrogen) atoms. The third kappa shape index (κ3) is 2.09. The zero-order valence-electron chi connectivity index (χ0n) is 11.9. The van der Waals surface area contributed by atoms with Crippen molar-refractivity contribution in [1.82, 2.24) is 5.32 Å². The van der Waals surface area contributed by atoms with Gasteiger partial charge in [-0.1, -0.05) is 30.3 Å². The maximum atomic E-state index is 6.03. The molecule has 0 amide bonds. The molecule has 1 heterocycles. The number of benzene rings is 1. The summed E-state index contributed by atoms with van der Waals surface area (Å²) in [5, 5.41) is 3.73. The van der Waals surface area contributed by atoms with Crippen molar-refractivity contribution in [3.8, 4) is 0 Å². The van der Waals surface area contributed by atoms with Crippen molar-refractivity contribution in [3.63, 3.8) is 0 Å². The van der Waals surface area contributed by atoms with Gasteiger partial charge in [-0.3, -0.25) is 0 Å². The predicted molar refractivity (Wildman–Crippen MR) is 77.2 cm³/mol. The van der Waals surface area contributed by atoms with Crippen LogP contribution in [-0.2, 0) is 16.0 Å². The monoisotopic (exact) mass is 273 g/mol. The Morgan fingerprint density at radius 2 is 1.65 bits per heavy atom. The van der Waals surface area contributed by atoms with E-state index in [1.165, 1.54) is 31.2 Å². The van der Waals surface area contributed by atoms with Gasteiger partial charge in [0.05, 0.1) is 13.2 Å². The molecular formula is C17H23NO2. The van der Waals surface area contributed by atoms with Gasteiger partial charge >= 0.3 is 0 Å². The molecule has 2 aliphatic carbocycles. The zero-order chi connectivity index (χ0) is 13.4. The summed E-state index contributed by atoms with van der Waals surface area (Å²) >= 11 is 0. The van der Waals surface area contributed by atoms with Crippen molar-refractivity contribution < 1.29 is 9.47 Å². The van der Waals surface area contributed by atoms with Crippen molar-refractivity contribution in [2.45, 2.75) is 44.1 Å². The minimum Gasteiger partial charge on any atom is -0.347 e. The maximum absolute atomic E-state index is 6.03. The third-order valence-electron chi connectivity index (χ3n) is 5.32. The minimum absolute atomic E-state index is 0.203. The second-order valence-electron chi connectivity index (χ2n) is 6.42. The highest BCUT2D eigenvalue weighted by molar-refractivity contribution is 5.14. The Kier molecular flexibility index (Phi) is 3.29. The SMILES string of the molecule is c1ccc(CNC2C[C@H]3CC[C@@H](C2)C32OCCO2)cc1. The Hall–Kier alpha value is -0.900. The van der Waals surface area contributed by atoms with E-state index in [2.05, 4.69) is 35.6 Å². The van der Waals surface area contributed by atoms with Crippen molar-refractivity contribution in [3.05, 3.63) is 35.9 Å². The minimum atomic E-state index is -0.203.